The topological polar surface area (TPSA) is 73.2 Å². The number of aryl methyl sites for hydroxylation is 1. The average molecular weight is 261 g/mol. The zero-order valence-electron chi connectivity index (χ0n) is 10.4. The highest BCUT2D eigenvalue weighted by molar-refractivity contribution is 7.89. The molecular weight excluding hydrogens is 242 g/mol. The summed E-state index contributed by atoms with van der Waals surface area (Å²) in [6.45, 7) is 5.21. The minimum atomic E-state index is -3.45. The molecule has 0 aliphatic heterocycles. The fraction of sp³-hybridized carbons (Fsp3) is 0.700. The maximum atomic E-state index is 11.9. The number of sulfonamides is 1. The molecule has 0 bridgehead atoms. The summed E-state index contributed by atoms with van der Waals surface area (Å²) in [7, 11) is -1.73. The molecular formula is C10H19N3O3S. The molecule has 7 heteroatoms. The minimum Gasteiger partial charge on any atom is -0.382 e. The van der Waals surface area contributed by atoms with Gasteiger partial charge in [0.25, 0.3) is 0 Å². The molecule has 1 rings (SSSR count). The third-order valence-corrected chi connectivity index (χ3v) is 4.01. The van der Waals surface area contributed by atoms with E-state index in [1.54, 1.807) is 14.0 Å². The molecule has 0 aliphatic carbocycles. The predicted octanol–water partition coefficient (Wildman–Crippen LogP) is 0.433. The highest BCUT2D eigenvalue weighted by Gasteiger charge is 2.18. The van der Waals surface area contributed by atoms with E-state index in [0.717, 1.165) is 0 Å². The van der Waals surface area contributed by atoms with Crippen molar-refractivity contribution in [3.63, 3.8) is 0 Å². The van der Waals surface area contributed by atoms with Gasteiger partial charge in [-0.25, -0.2) is 13.1 Å². The maximum absolute atomic E-state index is 11.9. The van der Waals surface area contributed by atoms with Crippen LogP contribution in [0, 0.1) is 6.92 Å². The molecule has 0 aliphatic rings. The van der Waals surface area contributed by atoms with Crippen molar-refractivity contribution in [3.05, 3.63) is 11.9 Å². The normalized spacial score (nSPS) is 11.9. The third-order valence-electron chi connectivity index (χ3n) is 2.44. The van der Waals surface area contributed by atoms with E-state index in [1.165, 1.54) is 10.9 Å². The van der Waals surface area contributed by atoms with Crippen LogP contribution in [-0.2, 0) is 21.8 Å². The first-order valence-electron chi connectivity index (χ1n) is 5.55. The Labute approximate surface area is 102 Å². The smallest absolute Gasteiger partial charge is 0.243 e. The number of hydrogen-bond acceptors (Lipinski definition) is 4. The zero-order chi connectivity index (χ0) is 12.9. The van der Waals surface area contributed by atoms with Gasteiger partial charge in [-0.05, 0) is 20.3 Å². The first kappa shape index (κ1) is 14.1. The Morgan fingerprint density at radius 2 is 2.24 bits per heavy atom. The standard InChI is InChI=1S/C10H19N3O3S/c1-4-16-7-5-6-12-17(14,15)10-8-11-13(3)9(10)2/h8,12H,4-7H2,1-3H3. The molecule has 0 amide bonds. The number of rotatable bonds is 7. The Kier molecular flexibility index (Phi) is 5.10. The van der Waals surface area contributed by atoms with Gasteiger partial charge >= 0.3 is 0 Å². The molecule has 98 valence electrons. The summed E-state index contributed by atoms with van der Waals surface area (Å²) in [6, 6.07) is 0. The van der Waals surface area contributed by atoms with Crippen molar-refractivity contribution in [1.82, 2.24) is 14.5 Å². The van der Waals surface area contributed by atoms with E-state index in [9.17, 15) is 8.42 Å². The quantitative estimate of drug-likeness (QED) is 0.723. The highest BCUT2D eigenvalue weighted by Crippen LogP contribution is 2.12. The molecule has 1 aromatic rings. The van der Waals surface area contributed by atoms with E-state index in [2.05, 4.69) is 9.82 Å². The lowest BCUT2D eigenvalue weighted by molar-refractivity contribution is 0.146. The van der Waals surface area contributed by atoms with Gasteiger partial charge in [-0.1, -0.05) is 0 Å². The van der Waals surface area contributed by atoms with Crippen molar-refractivity contribution in [2.45, 2.75) is 25.2 Å². The Bertz CT molecular complexity index is 453. The maximum Gasteiger partial charge on any atom is 0.243 e. The van der Waals surface area contributed by atoms with E-state index < -0.39 is 10.0 Å². The minimum absolute atomic E-state index is 0.233. The van der Waals surface area contributed by atoms with Gasteiger partial charge in [0, 0.05) is 26.8 Å². The van der Waals surface area contributed by atoms with Gasteiger partial charge in [-0.15, -0.1) is 0 Å². The SMILES string of the molecule is CCOCCCNS(=O)(=O)c1cnn(C)c1C. The van der Waals surface area contributed by atoms with Crippen LogP contribution in [0.4, 0.5) is 0 Å². The molecule has 0 fully saturated rings. The summed E-state index contributed by atoms with van der Waals surface area (Å²) >= 11 is 0. The first-order valence-corrected chi connectivity index (χ1v) is 7.03. The van der Waals surface area contributed by atoms with Crippen molar-refractivity contribution in [1.29, 1.82) is 0 Å². The van der Waals surface area contributed by atoms with Gasteiger partial charge in [0.2, 0.25) is 10.0 Å². The van der Waals surface area contributed by atoms with E-state index >= 15 is 0 Å². The summed E-state index contributed by atoms with van der Waals surface area (Å²) in [5, 5.41) is 3.91. The molecule has 1 heterocycles. The van der Waals surface area contributed by atoms with Crippen LogP contribution in [0.15, 0.2) is 11.1 Å². The summed E-state index contributed by atoms with van der Waals surface area (Å²) in [4.78, 5) is 0.233. The van der Waals surface area contributed by atoms with E-state index in [-0.39, 0.29) is 4.90 Å². The van der Waals surface area contributed by atoms with E-state index in [4.69, 9.17) is 4.74 Å². The van der Waals surface area contributed by atoms with Gasteiger partial charge in [0.15, 0.2) is 0 Å². The van der Waals surface area contributed by atoms with Crippen LogP contribution in [0.1, 0.15) is 19.0 Å². The molecule has 0 atom stereocenters. The molecule has 6 nitrogen and oxygen atoms in total. The van der Waals surface area contributed by atoms with Crippen LogP contribution in [0.5, 0.6) is 0 Å². The molecule has 0 saturated carbocycles. The fourth-order valence-electron chi connectivity index (χ4n) is 1.35. The van der Waals surface area contributed by atoms with Gasteiger partial charge < -0.3 is 4.74 Å². The van der Waals surface area contributed by atoms with Crippen molar-refractivity contribution >= 4 is 10.0 Å². The molecule has 0 saturated heterocycles. The Hall–Kier alpha value is -0.920. The number of ether oxygens (including phenoxy) is 1. The summed E-state index contributed by atoms with van der Waals surface area (Å²) in [5.74, 6) is 0. The summed E-state index contributed by atoms with van der Waals surface area (Å²) in [6.07, 6.45) is 2.02. The lowest BCUT2D eigenvalue weighted by Gasteiger charge is -2.06. The van der Waals surface area contributed by atoms with E-state index in [0.29, 0.717) is 31.9 Å². The van der Waals surface area contributed by atoms with Crippen LogP contribution < -0.4 is 4.72 Å². The zero-order valence-corrected chi connectivity index (χ0v) is 11.2. The Balaban J connectivity index is 2.55. The highest BCUT2D eigenvalue weighted by atomic mass is 32.2. The average Bonchev–Trinajstić information content (AvgIpc) is 2.60. The monoisotopic (exact) mass is 261 g/mol. The van der Waals surface area contributed by atoms with Crippen molar-refractivity contribution in [2.75, 3.05) is 19.8 Å². The first-order chi connectivity index (χ1) is 7.99. The number of nitrogens with one attached hydrogen (secondary N) is 1. The molecule has 0 aromatic carbocycles. The summed E-state index contributed by atoms with van der Waals surface area (Å²) in [5.41, 5.74) is 0.627. The third kappa shape index (κ3) is 3.79. The second kappa shape index (κ2) is 6.13. The van der Waals surface area contributed by atoms with Crippen LogP contribution >= 0.6 is 0 Å². The van der Waals surface area contributed by atoms with Gasteiger partial charge in [-0.2, -0.15) is 5.10 Å². The molecule has 0 unspecified atom stereocenters. The van der Waals surface area contributed by atoms with Crippen molar-refractivity contribution in [2.24, 2.45) is 7.05 Å². The second-order valence-electron chi connectivity index (χ2n) is 3.67. The van der Waals surface area contributed by atoms with Crippen LogP contribution in [0.25, 0.3) is 0 Å². The molecule has 17 heavy (non-hydrogen) atoms. The number of aromatic nitrogens is 2. The predicted molar refractivity (Wildman–Crippen MR) is 64.2 cm³/mol. The van der Waals surface area contributed by atoms with Gasteiger partial charge in [-0.3, -0.25) is 4.68 Å². The second-order valence-corrected chi connectivity index (χ2v) is 5.40. The Morgan fingerprint density at radius 3 is 2.76 bits per heavy atom. The van der Waals surface area contributed by atoms with Crippen molar-refractivity contribution < 1.29 is 13.2 Å². The fourth-order valence-corrected chi connectivity index (χ4v) is 2.62. The lowest BCUT2D eigenvalue weighted by atomic mass is 10.5. The molecule has 0 radical (unpaired) electrons. The van der Waals surface area contributed by atoms with Crippen LogP contribution in [0.3, 0.4) is 0 Å². The van der Waals surface area contributed by atoms with Crippen LogP contribution in [0.2, 0.25) is 0 Å². The number of hydrogen-bond donors (Lipinski definition) is 1. The number of nitrogens with zero attached hydrogens (tertiary/aromatic N) is 2. The van der Waals surface area contributed by atoms with Crippen molar-refractivity contribution in [3.8, 4) is 0 Å². The van der Waals surface area contributed by atoms with Crippen LogP contribution in [-0.4, -0.2) is 38.0 Å². The Morgan fingerprint density at radius 1 is 1.53 bits per heavy atom. The molecule has 1 aromatic heterocycles. The van der Waals surface area contributed by atoms with Gasteiger partial charge in [0.05, 0.1) is 11.9 Å². The molecule has 0 spiro atoms. The lowest BCUT2D eigenvalue weighted by Crippen LogP contribution is -2.26. The largest absolute Gasteiger partial charge is 0.382 e. The van der Waals surface area contributed by atoms with E-state index in [1.807, 2.05) is 6.92 Å². The van der Waals surface area contributed by atoms with Gasteiger partial charge in [0.1, 0.15) is 4.90 Å². The summed E-state index contributed by atoms with van der Waals surface area (Å²) < 4.78 is 33.0. The molecule has 1 N–H and O–H groups in total.